The van der Waals surface area contributed by atoms with Gasteiger partial charge in [-0.05, 0) is 38.3 Å². The van der Waals surface area contributed by atoms with Crippen molar-refractivity contribution in [2.24, 2.45) is 0 Å². The minimum Gasteiger partial charge on any atom is -0.375 e. The predicted octanol–water partition coefficient (Wildman–Crippen LogP) is 2.94. The van der Waals surface area contributed by atoms with Gasteiger partial charge >= 0.3 is 0 Å². The van der Waals surface area contributed by atoms with Crippen LogP contribution in [0.15, 0.2) is 24.3 Å². The summed E-state index contributed by atoms with van der Waals surface area (Å²) in [5, 5.41) is 3.44. The highest BCUT2D eigenvalue weighted by atomic mass is 16.5. The van der Waals surface area contributed by atoms with Crippen LogP contribution in [-0.2, 0) is 16.0 Å². The fraction of sp³-hybridized carbons (Fsp3) is 0.421. The summed E-state index contributed by atoms with van der Waals surface area (Å²) in [5.74, 6) is 2.27. The molecule has 2 aliphatic rings. The SMILES string of the molecule is COCC(=O)N1CCc2c(Nc3cc(C)nc(C4CC4)n3)cccc21. The standard InChI is InChI=1S/C19H22N4O2/c1-12-10-17(22-19(20-12)13-6-7-13)21-15-4-3-5-16-14(15)8-9-23(16)18(24)11-25-2/h3-5,10,13H,6-9,11H2,1-2H3,(H,20,21,22). The Morgan fingerprint density at radius 1 is 1.36 bits per heavy atom. The molecule has 0 bridgehead atoms. The third-order valence-corrected chi connectivity index (χ3v) is 4.67. The number of carbonyl (C=O) groups is 1. The second-order valence-electron chi connectivity index (χ2n) is 6.68. The first-order valence-corrected chi connectivity index (χ1v) is 8.69. The molecule has 4 rings (SSSR count). The number of amides is 1. The molecule has 1 amide bonds. The molecular weight excluding hydrogens is 316 g/mol. The Hall–Kier alpha value is -2.47. The number of nitrogens with one attached hydrogen (secondary N) is 1. The highest BCUT2D eigenvalue weighted by Gasteiger charge is 2.28. The maximum atomic E-state index is 12.2. The first-order valence-electron chi connectivity index (χ1n) is 8.69. The average molecular weight is 338 g/mol. The highest BCUT2D eigenvalue weighted by molar-refractivity contribution is 5.97. The van der Waals surface area contributed by atoms with E-state index in [0.29, 0.717) is 12.5 Å². The van der Waals surface area contributed by atoms with Gasteiger partial charge in [0.05, 0.1) is 0 Å². The smallest absolute Gasteiger partial charge is 0.252 e. The lowest BCUT2D eigenvalue weighted by molar-refractivity contribution is -0.122. The van der Waals surface area contributed by atoms with Crippen molar-refractivity contribution in [1.82, 2.24) is 9.97 Å². The molecule has 2 heterocycles. The molecule has 0 radical (unpaired) electrons. The molecule has 0 unspecified atom stereocenters. The Kier molecular flexibility index (Phi) is 4.13. The predicted molar refractivity (Wildman–Crippen MR) is 96.4 cm³/mol. The summed E-state index contributed by atoms with van der Waals surface area (Å²) in [6.07, 6.45) is 3.19. The summed E-state index contributed by atoms with van der Waals surface area (Å²) in [6, 6.07) is 7.96. The van der Waals surface area contributed by atoms with Gasteiger partial charge in [-0.3, -0.25) is 4.79 Å². The number of aromatic nitrogens is 2. The Labute approximate surface area is 147 Å². The molecule has 1 aliphatic heterocycles. The zero-order valence-electron chi connectivity index (χ0n) is 14.6. The Morgan fingerprint density at radius 2 is 2.20 bits per heavy atom. The van der Waals surface area contributed by atoms with E-state index in [1.54, 1.807) is 12.0 Å². The zero-order valence-corrected chi connectivity index (χ0v) is 14.6. The maximum absolute atomic E-state index is 12.2. The molecule has 25 heavy (non-hydrogen) atoms. The molecule has 1 N–H and O–H groups in total. The van der Waals surface area contributed by atoms with Gasteiger partial charge in [0.1, 0.15) is 18.2 Å². The molecule has 1 saturated carbocycles. The fourth-order valence-electron chi connectivity index (χ4n) is 3.33. The van der Waals surface area contributed by atoms with Gasteiger partial charge in [0, 0.05) is 48.3 Å². The third-order valence-electron chi connectivity index (χ3n) is 4.67. The Balaban J connectivity index is 1.61. The summed E-state index contributed by atoms with van der Waals surface area (Å²) < 4.78 is 4.99. The van der Waals surface area contributed by atoms with Crippen molar-refractivity contribution in [2.45, 2.75) is 32.1 Å². The number of rotatable bonds is 5. The van der Waals surface area contributed by atoms with Gasteiger partial charge in [-0.2, -0.15) is 0 Å². The van der Waals surface area contributed by atoms with Crippen LogP contribution in [0.2, 0.25) is 0 Å². The monoisotopic (exact) mass is 338 g/mol. The Morgan fingerprint density at radius 3 is 2.96 bits per heavy atom. The number of benzene rings is 1. The molecule has 0 saturated heterocycles. The fourth-order valence-corrected chi connectivity index (χ4v) is 3.33. The van der Waals surface area contributed by atoms with Crippen LogP contribution in [0.5, 0.6) is 0 Å². The summed E-state index contributed by atoms with van der Waals surface area (Å²) in [6.45, 7) is 2.79. The van der Waals surface area contributed by atoms with E-state index in [-0.39, 0.29) is 12.5 Å². The van der Waals surface area contributed by atoms with Crippen LogP contribution >= 0.6 is 0 Å². The van der Waals surface area contributed by atoms with Gasteiger partial charge in [0.2, 0.25) is 0 Å². The largest absolute Gasteiger partial charge is 0.375 e. The van der Waals surface area contributed by atoms with Crippen molar-refractivity contribution < 1.29 is 9.53 Å². The van der Waals surface area contributed by atoms with Gasteiger partial charge in [-0.15, -0.1) is 0 Å². The summed E-state index contributed by atoms with van der Waals surface area (Å²) >= 11 is 0. The third kappa shape index (κ3) is 3.22. The number of nitrogens with zero attached hydrogens (tertiary/aromatic N) is 3. The van der Waals surface area contributed by atoms with Crippen LogP contribution in [-0.4, -0.2) is 36.1 Å². The lowest BCUT2D eigenvalue weighted by Crippen LogP contribution is -2.31. The molecule has 0 spiro atoms. The molecule has 1 fully saturated rings. The van der Waals surface area contributed by atoms with Gasteiger partial charge < -0.3 is 15.0 Å². The molecule has 2 aromatic rings. The molecule has 0 atom stereocenters. The number of hydrogen-bond donors (Lipinski definition) is 1. The number of fused-ring (bicyclic) bond motifs is 1. The number of hydrogen-bond acceptors (Lipinski definition) is 5. The number of methoxy groups -OCH3 is 1. The van der Waals surface area contributed by atoms with E-state index in [1.807, 2.05) is 31.2 Å². The van der Waals surface area contributed by atoms with E-state index < -0.39 is 0 Å². The van der Waals surface area contributed by atoms with Crippen molar-refractivity contribution >= 4 is 23.1 Å². The average Bonchev–Trinajstić information content (AvgIpc) is 3.34. The topological polar surface area (TPSA) is 67.3 Å². The minimum absolute atomic E-state index is 0.00713. The highest BCUT2D eigenvalue weighted by Crippen LogP contribution is 2.39. The van der Waals surface area contributed by atoms with Crippen molar-refractivity contribution in [3.05, 3.63) is 41.3 Å². The van der Waals surface area contributed by atoms with Crippen LogP contribution in [0.3, 0.4) is 0 Å². The lowest BCUT2D eigenvalue weighted by atomic mass is 10.1. The molecule has 6 nitrogen and oxygen atoms in total. The molecule has 1 aromatic heterocycles. The number of ether oxygens (including phenoxy) is 1. The normalized spacial score (nSPS) is 16.0. The van der Waals surface area contributed by atoms with Crippen molar-refractivity contribution in [3.8, 4) is 0 Å². The molecular formula is C19H22N4O2. The van der Waals surface area contributed by atoms with E-state index in [2.05, 4.69) is 15.3 Å². The van der Waals surface area contributed by atoms with Crippen LogP contribution in [0.25, 0.3) is 0 Å². The van der Waals surface area contributed by atoms with Crippen molar-refractivity contribution in [1.29, 1.82) is 0 Å². The zero-order chi connectivity index (χ0) is 17.4. The van der Waals surface area contributed by atoms with Crippen LogP contribution in [0, 0.1) is 6.92 Å². The van der Waals surface area contributed by atoms with E-state index >= 15 is 0 Å². The van der Waals surface area contributed by atoms with Crippen LogP contribution in [0.4, 0.5) is 17.2 Å². The quantitative estimate of drug-likeness (QED) is 0.908. The number of carbonyl (C=O) groups excluding carboxylic acids is 1. The van der Waals surface area contributed by atoms with Gasteiger partial charge in [-0.25, -0.2) is 9.97 Å². The Bertz CT molecular complexity index is 817. The van der Waals surface area contributed by atoms with E-state index in [9.17, 15) is 4.79 Å². The first-order chi connectivity index (χ1) is 12.2. The van der Waals surface area contributed by atoms with Crippen molar-refractivity contribution in [3.63, 3.8) is 0 Å². The number of anilines is 3. The van der Waals surface area contributed by atoms with E-state index in [4.69, 9.17) is 4.74 Å². The van der Waals surface area contributed by atoms with Crippen molar-refractivity contribution in [2.75, 3.05) is 30.5 Å². The van der Waals surface area contributed by atoms with E-state index in [0.717, 1.165) is 40.7 Å². The minimum atomic E-state index is -0.00713. The molecule has 1 aromatic carbocycles. The van der Waals surface area contributed by atoms with Gasteiger partial charge in [0.15, 0.2) is 0 Å². The molecule has 6 heteroatoms. The van der Waals surface area contributed by atoms with Gasteiger partial charge in [-0.1, -0.05) is 6.07 Å². The van der Waals surface area contributed by atoms with Crippen LogP contribution < -0.4 is 10.2 Å². The van der Waals surface area contributed by atoms with E-state index in [1.165, 1.54) is 12.8 Å². The first kappa shape index (κ1) is 16.0. The second-order valence-corrected chi connectivity index (χ2v) is 6.68. The lowest BCUT2D eigenvalue weighted by Gasteiger charge is -2.17. The molecule has 130 valence electrons. The second kappa shape index (κ2) is 6.44. The number of aryl methyl sites for hydroxylation is 1. The molecule has 1 aliphatic carbocycles. The summed E-state index contributed by atoms with van der Waals surface area (Å²) in [4.78, 5) is 23.2. The van der Waals surface area contributed by atoms with Crippen LogP contribution in [0.1, 0.15) is 35.8 Å². The maximum Gasteiger partial charge on any atom is 0.252 e. The summed E-state index contributed by atoms with van der Waals surface area (Å²) in [5.41, 5.74) is 4.09. The summed E-state index contributed by atoms with van der Waals surface area (Å²) in [7, 11) is 1.54. The van der Waals surface area contributed by atoms with Gasteiger partial charge in [0.25, 0.3) is 5.91 Å².